The number of nitrogens with one attached hydrogen (secondary N) is 3. The van der Waals surface area contributed by atoms with Gasteiger partial charge in [0.05, 0.1) is 5.56 Å². The van der Waals surface area contributed by atoms with Gasteiger partial charge in [-0.25, -0.2) is 4.98 Å². The molecular weight excluding hydrogens is 332 g/mol. The lowest BCUT2D eigenvalue weighted by Crippen LogP contribution is -2.17. The number of amides is 2. The lowest BCUT2D eigenvalue weighted by molar-refractivity contribution is -0.116. The van der Waals surface area contributed by atoms with E-state index in [9.17, 15) is 9.59 Å². The molecule has 0 spiro atoms. The van der Waals surface area contributed by atoms with Crippen molar-refractivity contribution in [1.29, 1.82) is 0 Å². The lowest BCUT2D eigenvalue weighted by Gasteiger charge is -2.11. The molecule has 1 fully saturated rings. The van der Waals surface area contributed by atoms with Gasteiger partial charge in [-0.15, -0.1) is 0 Å². The van der Waals surface area contributed by atoms with E-state index in [1.165, 1.54) is 6.20 Å². The summed E-state index contributed by atoms with van der Waals surface area (Å²) >= 11 is 0. The fourth-order valence-corrected chi connectivity index (χ4v) is 2.37. The maximum absolute atomic E-state index is 11.6. The summed E-state index contributed by atoms with van der Waals surface area (Å²) in [5, 5.41) is 9.11. The van der Waals surface area contributed by atoms with Crippen molar-refractivity contribution in [2.75, 3.05) is 16.0 Å². The van der Waals surface area contributed by atoms with Gasteiger partial charge in [0.25, 0.3) is 5.91 Å². The van der Waals surface area contributed by atoms with Gasteiger partial charge >= 0.3 is 0 Å². The van der Waals surface area contributed by atoms with Crippen LogP contribution in [-0.4, -0.2) is 27.8 Å². The van der Waals surface area contributed by atoms with Crippen molar-refractivity contribution in [2.24, 2.45) is 5.73 Å². The average Bonchev–Trinajstić information content (AvgIpc) is 3.41. The minimum absolute atomic E-state index is 0.00521. The SMILES string of the molecule is CCCC(=O)Nc1ccc(Nc2ncc(C(N)=O)c(NC3CC3)n2)cc1. The molecule has 1 heterocycles. The third kappa shape index (κ3) is 4.69. The Morgan fingerprint density at radius 2 is 1.88 bits per heavy atom. The summed E-state index contributed by atoms with van der Waals surface area (Å²) in [6.45, 7) is 1.96. The van der Waals surface area contributed by atoms with Crippen LogP contribution in [-0.2, 0) is 4.79 Å². The molecule has 8 nitrogen and oxygen atoms in total. The highest BCUT2D eigenvalue weighted by molar-refractivity contribution is 5.97. The second-order valence-corrected chi connectivity index (χ2v) is 6.24. The van der Waals surface area contributed by atoms with Crippen LogP contribution in [0.25, 0.3) is 0 Å². The van der Waals surface area contributed by atoms with Gasteiger partial charge in [0.1, 0.15) is 5.82 Å². The molecule has 0 bridgehead atoms. The molecule has 1 aliphatic carbocycles. The smallest absolute Gasteiger partial charge is 0.254 e. The van der Waals surface area contributed by atoms with Crippen LogP contribution in [0.1, 0.15) is 43.0 Å². The van der Waals surface area contributed by atoms with Crippen LogP contribution in [0.15, 0.2) is 30.5 Å². The van der Waals surface area contributed by atoms with Crippen LogP contribution in [0, 0.1) is 0 Å². The van der Waals surface area contributed by atoms with E-state index in [0.717, 1.165) is 30.6 Å². The second-order valence-electron chi connectivity index (χ2n) is 6.24. The highest BCUT2D eigenvalue weighted by atomic mass is 16.1. The number of anilines is 4. The van der Waals surface area contributed by atoms with Gasteiger partial charge in [0, 0.05) is 30.0 Å². The molecule has 0 atom stereocenters. The standard InChI is InChI=1S/C18H22N6O2/c1-2-3-15(25)21-11-4-8-13(9-5-11)23-18-20-10-14(16(19)26)17(24-18)22-12-6-7-12/h4-5,8-10,12H,2-3,6-7H2,1H3,(H2,19,26)(H,21,25)(H2,20,22,23,24). The number of aromatic nitrogens is 2. The molecule has 136 valence electrons. The normalized spacial score (nSPS) is 13.1. The molecule has 8 heteroatoms. The van der Waals surface area contributed by atoms with Gasteiger partial charge in [-0.2, -0.15) is 4.98 Å². The molecule has 5 N–H and O–H groups in total. The molecule has 1 saturated carbocycles. The molecule has 2 amide bonds. The molecule has 1 aliphatic rings. The summed E-state index contributed by atoms with van der Waals surface area (Å²) in [7, 11) is 0. The third-order valence-electron chi connectivity index (χ3n) is 3.87. The van der Waals surface area contributed by atoms with Crippen molar-refractivity contribution in [3.63, 3.8) is 0 Å². The second kappa shape index (κ2) is 7.81. The predicted molar refractivity (Wildman–Crippen MR) is 100 cm³/mol. The first-order chi connectivity index (χ1) is 12.5. The summed E-state index contributed by atoms with van der Waals surface area (Å²) in [5.41, 5.74) is 7.15. The fraction of sp³-hybridized carbons (Fsp3) is 0.333. The first kappa shape index (κ1) is 17.7. The zero-order valence-electron chi connectivity index (χ0n) is 14.6. The molecule has 2 aromatic rings. The van der Waals surface area contributed by atoms with Crippen LogP contribution in [0.2, 0.25) is 0 Å². The highest BCUT2D eigenvalue weighted by Gasteiger charge is 2.24. The average molecular weight is 354 g/mol. The van der Waals surface area contributed by atoms with Gasteiger partial charge in [-0.1, -0.05) is 6.92 Å². The van der Waals surface area contributed by atoms with Crippen LogP contribution < -0.4 is 21.7 Å². The molecule has 0 unspecified atom stereocenters. The topological polar surface area (TPSA) is 122 Å². The van der Waals surface area contributed by atoms with Crippen molar-refractivity contribution in [3.8, 4) is 0 Å². The molecule has 0 radical (unpaired) electrons. The Morgan fingerprint density at radius 1 is 1.19 bits per heavy atom. The van der Waals surface area contributed by atoms with E-state index in [1.54, 1.807) is 12.1 Å². The number of rotatable bonds is 8. The summed E-state index contributed by atoms with van der Waals surface area (Å²) in [6, 6.07) is 7.58. The van der Waals surface area contributed by atoms with E-state index >= 15 is 0 Å². The van der Waals surface area contributed by atoms with E-state index in [2.05, 4.69) is 25.9 Å². The van der Waals surface area contributed by atoms with Crippen molar-refractivity contribution in [3.05, 3.63) is 36.0 Å². The van der Waals surface area contributed by atoms with E-state index < -0.39 is 5.91 Å². The van der Waals surface area contributed by atoms with Crippen LogP contribution in [0.4, 0.5) is 23.1 Å². The summed E-state index contributed by atoms with van der Waals surface area (Å²) in [6.07, 6.45) is 4.83. The molecule has 0 aliphatic heterocycles. The Morgan fingerprint density at radius 3 is 2.50 bits per heavy atom. The van der Waals surface area contributed by atoms with Crippen LogP contribution in [0.3, 0.4) is 0 Å². The largest absolute Gasteiger partial charge is 0.367 e. The molecule has 3 rings (SSSR count). The molecule has 1 aromatic carbocycles. The summed E-state index contributed by atoms with van der Waals surface area (Å²) in [4.78, 5) is 31.6. The van der Waals surface area contributed by atoms with E-state index in [4.69, 9.17) is 5.73 Å². The number of benzene rings is 1. The van der Waals surface area contributed by atoms with E-state index in [1.807, 2.05) is 19.1 Å². The van der Waals surface area contributed by atoms with Crippen molar-refractivity contribution < 1.29 is 9.59 Å². The van der Waals surface area contributed by atoms with Crippen molar-refractivity contribution in [2.45, 2.75) is 38.6 Å². The van der Waals surface area contributed by atoms with Gasteiger partial charge in [0.2, 0.25) is 11.9 Å². The predicted octanol–water partition coefficient (Wildman–Crippen LogP) is 2.63. The number of nitrogens with zero attached hydrogens (tertiary/aromatic N) is 2. The number of hydrogen-bond donors (Lipinski definition) is 4. The first-order valence-electron chi connectivity index (χ1n) is 8.65. The Kier molecular flexibility index (Phi) is 5.31. The number of carbonyl (C=O) groups excluding carboxylic acids is 2. The monoisotopic (exact) mass is 354 g/mol. The Labute approximate surface area is 151 Å². The fourth-order valence-electron chi connectivity index (χ4n) is 2.37. The molecule has 26 heavy (non-hydrogen) atoms. The van der Waals surface area contributed by atoms with Crippen molar-refractivity contribution in [1.82, 2.24) is 9.97 Å². The Hall–Kier alpha value is -3.16. The summed E-state index contributed by atoms with van der Waals surface area (Å²) in [5.74, 6) is 0.239. The third-order valence-corrected chi connectivity index (χ3v) is 3.87. The minimum Gasteiger partial charge on any atom is -0.367 e. The van der Waals surface area contributed by atoms with Gasteiger partial charge in [-0.3, -0.25) is 9.59 Å². The van der Waals surface area contributed by atoms with Gasteiger partial charge < -0.3 is 21.7 Å². The Balaban J connectivity index is 1.69. The number of nitrogens with two attached hydrogens (primary N) is 1. The maximum Gasteiger partial charge on any atom is 0.254 e. The lowest BCUT2D eigenvalue weighted by atomic mass is 10.2. The molecular formula is C18H22N6O2. The maximum atomic E-state index is 11.6. The van der Waals surface area contributed by atoms with Crippen LogP contribution >= 0.6 is 0 Å². The number of primary amides is 1. The van der Waals surface area contributed by atoms with Crippen LogP contribution in [0.5, 0.6) is 0 Å². The van der Waals surface area contributed by atoms with E-state index in [0.29, 0.717) is 24.2 Å². The quantitative estimate of drug-likeness (QED) is 0.578. The van der Waals surface area contributed by atoms with Gasteiger partial charge in [-0.05, 0) is 43.5 Å². The van der Waals surface area contributed by atoms with Crippen molar-refractivity contribution >= 4 is 35.0 Å². The zero-order chi connectivity index (χ0) is 18.5. The van der Waals surface area contributed by atoms with E-state index in [-0.39, 0.29) is 11.5 Å². The minimum atomic E-state index is -0.563. The number of carbonyl (C=O) groups is 2. The zero-order valence-corrected chi connectivity index (χ0v) is 14.6. The molecule has 0 saturated heterocycles. The molecule has 1 aromatic heterocycles. The first-order valence-corrected chi connectivity index (χ1v) is 8.65. The van der Waals surface area contributed by atoms with Gasteiger partial charge in [0.15, 0.2) is 0 Å². The number of hydrogen-bond acceptors (Lipinski definition) is 6. The Bertz CT molecular complexity index is 802. The summed E-state index contributed by atoms with van der Waals surface area (Å²) < 4.78 is 0. The highest BCUT2D eigenvalue weighted by Crippen LogP contribution is 2.26.